The summed E-state index contributed by atoms with van der Waals surface area (Å²) in [5.74, 6) is -0.114. The first-order valence-electron chi connectivity index (χ1n) is 58.5. The summed E-state index contributed by atoms with van der Waals surface area (Å²) in [5.41, 5.74) is -5.51. The van der Waals surface area contributed by atoms with Crippen molar-refractivity contribution in [3.63, 3.8) is 0 Å². The first-order valence-corrected chi connectivity index (χ1v) is 39.0. The molecule has 0 amide bonds. The summed E-state index contributed by atoms with van der Waals surface area (Å²) in [6.45, 7) is 8.71. The molecule has 18 aromatic rings. The highest BCUT2D eigenvalue weighted by Crippen LogP contribution is 2.40. The van der Waals surface area contributed by atoms with Crippen molar-refractivity contribution >= 4 is 90.5 Å². The van der Waals surface area contributed by atoms with E-state index in [-0.39, 0.29) is 39.6 Å². The standard InChI is InChI=1S/C105H86N4OSi2/c1-74-62-102(106-72-96(74)76-38-18-9-19-39-76)109-97-57-33-32-56-93(97)94-60-59-85(71-99(94)109)110-84-42-35-41-83(70-84)107-73-108(98-61-58-77(67-100(98)107)79-63-81(104(2,3)4)69-82(64-79)105(5,6)7)103-95(78-40-34-55-92(65-78)111(86-43-20-10-21-44-86,87-45-22-11-23-46-87)88-47-24-12-25-48-88)66-80(75-36-16-8-17-37-75)68-101(103)112(89-49-26-13-27-50-89,90-51-28-14-29-52-90)91-53-30-15-31-54-91/h8-72H,1-7H3/i1D3,8D,9D,10D,11D,12D,13D,14D,15D,16D,17D,18D,19D,20D,21D,22D,23D,24D,25D,26D,27D,28D,29D,30D,31D,34D,36D,37D,38D,39D,40D,43D,44D,45D,46D,47D,48D,49D,50D,51D,52D,53D,54D,55D,65D. The largest absolute Gasteiger partial charge is 0.458 e. The van der Waals surface area contributed by atoms with Crippen LogP contribution in [-0.4, -0.2) is 30.3 Å². The van der Waals surface area contributed by atoms with Crippen LogP contribution in [0.3, 0.4) is 0 Å². The molecule has 0 spiro atoms. The van der Waals surface area contributed by atoms with Crippen molar-refractivity contribution in [1.82, 2.24) is 14.1 Å². The zero-order chi connectivity index (χ0) is 117. The van der Waals surface area contributed by atoms with Crippen LogP contribution in [0.2, 0.25) is 0 Å². The number of para-hydroxylation sites is 1. The van der Waals surface area contributed by atoms with Gasteiger partial charge < -0.3 is 4.74 Å². The Morgan fingerprint density at radius 2 is 0.884 bits per heavy atom. The van der Waals surface area contributed by atoms with Crippen molar-refractivity contribution in [3.8, 4) is 73.2 Å². The van der Waals surface area contributed by atoms with E-state index in [9.17, 15) is 48.0 Å². The number of rotatable bonds is 17. The maximum atomic E-state index is 11.8. The van der Waals surface area contributed by atoms with Crippen LogP contribution in [-0.2, 0) is 10.8 Å². The second-order valence-electron chi connectivity index (χ2n) is 28.2. The minimum absolute atomic E-state index is 0.0197. The average Bonchev–Trinajstić information content (AvgIpc) is 1.48. The molecule has 18 rings (SSSR count). The van der Waals surface area contributed by atoms with E-state index in [0.29, 0.717) is 32.9 Å². The first-order chi connectivity index (χ1) is 74.1. The van der Waals surface area contributed by atoms with Gasteiger partial charge in [0.2, 0.25) is 0 Å². The van der Waals surface area contributed by atoms with E-state index in [1.807, 2.05) is 59.7 Å². The number of nitrogens with zero attached hydrogens (tertiary/aromatic N) is 4. The predicted molar refractivity (Wildman–Crippen MR) is 473 cm³/mol. The molecule has 15 aromatic carbocycles. The Hall–Kier alpha value is -13.0. The molecule has 0 saturated heterocycles. The van der Waals surface area contributed by atoms with Gasteiger partial charge in [-0.3, -0.25) is 13.7 Å². The van der Waals surface area contributed by atoms with Gasteiger partial charge in [-0.25, -0.2) is 4.98 Å². The van der Waals surface area contributed by atoms with Gasteiger partial charge in [-0.1, -0.05) is 368 Å². The van der Waals surface area contributed by atoms with Crippen molar-refractivity contribution in [2.45, 2.75) is 59.2 Å². The predicted octanol–water partition coefficient (Wildman–Crippen LogP) is 20.3. The molecule has 0 atom stereocenters. The SMILES string of the molecule is [2H]c1c([2H])c([2H])c(-c2cc(-c3c([2H])c([2H])c([2H])c([Si](c4c([2H])c([2H])c([2H])c([2H])c4[2H])(c4c([2H])c([2H])c([2H])c([2H])c4[2H])c4c([2H])c([2H])c([2H])c([2H])c4[2H])c3[2H])c(-[n+]3[c-]n(-c4cccc(Oc5ccc6c7ccccc7n(-c7cc(C([2H])([2H])[2H])c(-c8c([2H])c([2H])c([2H])c([2H])c8[2H])cn7)c6c5)c4)c4cc(-c5cc(C(C)(C)C)cc(C(C)(C)C)c5)ccc43)c([Si](c3c([2H])c([2H])c([2H])c([2H])c3[2H])(c3c([2H])c([2H])c([2H])c([2H])c3[2H])c3c([2H])c([2H])c([2H])c([2H])c3[2H])c2)c([2H])c1[2H]. The lowest BCUT2D eigenvalue weighted by Crippen LogP contribution is -2.76. The lowest BCUT2D eigenvalue weighted by Gasteiger charge is -2.37. The maximum Gasteiger partial charge on any atom is 0.269 e. The molecular weight excluding hydrogens is 1390 g/mol. The van der Waals surface area contributed by atoms with Gasteiger partial charge in [-0.05, 0) is 169 Å². The van der Waals surface area contributed by atoms with E-state index in [1.165, 1.54) is 41.0 Å². The van der Waals surface area contributed by atoms with Crippen LogP contribution in [0.25, 0.3) is 94.5 Å². The second kappa shape index (κ2) is 29.1. The fourth-order valence-electron chi connectivity index (χ4n) is 14.3. The van der Waals surface area contributed by atoms with Gasteiger partial charge >= 0.3 is 0 Å². The number of fused-ring (bicyclic) bond motifs is 4. The lowest BCUT2D eigenvalue weighted by molar-refractivity contribution is -0.570. The quantitative estimate of drug-likeness (QED) is 0.0394. The maximum absolute atomic E-state index is 11.8. The number of hydrogen-bond donors (Lipinski definition) is 0. The molecule has 0 fully saturated rings. The van der Waals surface area contributed by atoms with Gasteiger partial charge in [-0.2, -0.15) is 0 Å². The van der Waals surface area contributed by atoms with E-state index in [0.717, 1.165) is 34.0 Å². The van der Waals surface area contributed by atoms with Gasteiger partial charge in [0.25, 0.3) is 6.33 Å². The summed E-state index contributed by atoms with van der Waals surface area (Å²) in [4.78, 5) is 4.74. The van der Waals surface area contributed by atoms with Crippen molar-refractivity contribution in [1.29, 1.82) is 0 Å². The van der Waals surface area contributed by atoms with E-state index >= 15 is 0 Å². The summed E-state index contributed by atoms with van der Waals surface area (Å²) in [5, 5.41) is -9.65. The smallest absolute Gasteiger partial charge is 0.269 e. The Bertz CT molecular complexity index is 8880. The fraction of sp³-hybridized carbons (Fsp3) is 0.0857. The number of hydrogen-bond acceptors (Lipinski definition) is 2. The van der Waals surface area contributed by atoms with Crippen molar-refractivity contribution < 1.29 is 73.7 Å². The van der Waals surface area contributed by atoms with Crippen LogP contribution in [0.5, 0.6) is 11.5 Å². The molecule has 0 aliphatic carbocycles. The van der Waals surface area contributed by atoms with E-state index in [4.69, 9.17) is 26.2 Å². The third kappa shape index (κ3) is 12.7. The molecule has 0 saturated carbocycles. The molecular formula is C105H86N4OSi2. The Morgan fingerprint density at radius 3 is 1.45 bits per heavy atom. The normalized spacial score (nSPS) is 18.1. The third-order valence-electron chi connectivity index (χ3n) is 19.5. The first kappa shape index (κ1) is 35.8. The summed E-state index contributed by atoms with van der Waals surface area (Å²) in [7, 11) is -14.4. The number of aryl methyl sites for hydroxylation is 1. The summed E-state index contributed by atoms with van der Waals surface area (Å²) in [6, 6.07) is -27.2. The molecule has 7 heteroatoms. The topological polar surface area (TPSA) is 35.9 Å². The zero-order valence-electron chi connectivity index (χ0n) is 107. The molecule has 112 heavy (non-hydrogen) atoms. The molecule has 5 nitrogen and oxygen atoms in total. The molecule has 0 bridgehead atoms. The lowest BCUT2D eigenvalue weighted by atomic mass is 9.79. The Morgan fingerprint density at radius 1 is 0.384 bits per heavy atom. The van der Waals surface area contributed by atoms with Crippen LogP contribution >= 0.6 is 0 Å². The monoisotopic (exact) mass is 1520 g/mol. The van der Waals surface area contributed by atoms with Gasteiger partial charge in [0.1, 0.15) is 17.3 Å². The molecule has 3 heterocycles. The molecule has 3 aromatic heterocycles. The zero-order valence-corrected chi connectivity index (χ0v) is 62.3. The van der Waals surface area contributed by atoms with E-state index in [2.05, 4.69) is 6.33 Å². The number of aromatic nitrogens is 4. The van der Waals surface area contributed by atoms with Crippen LogP contribution in [0, 0.1) is 13.2 Å². The molecule has 540 valence electrons. The van der Waals surface area contributed by atoms with E-state index < -0.39 is 380 Å². The summed E-state index contributed by atoms with van der Waals surface area (Å²) in [6.07, 6.45) is 4.44. The fourth-order valence-corrected chi connectivity index (χ4v) is 21.8. The van der Waals surface area contributed by atoms with Crippen LogP contribution < -0.4 is 50.8 Å². The number of imidazole rings is 1. The number of ether oxygens (including phenoxy) is 1. The second-order valence-corrected chi connectivity index (χ2v) is 35.2. The Labute approximate surface area is 725 Å². The Balaban J connectivity index is 1.10. The third-order valence-corrected chi connectivity index (χ3v) is 27.7. The van der Waals surface area contributed by atoms with Gasteiger partial charge in [0.15, 0.2) is 16.1 Å². The van der Waals surface area contributed by atoms with E-state index in [1.54, 1.807) is 59.2 Å². The van der Waals surface area contributed by atoms with Crippen molar-refractivity contribution in [2.24, 2.45) is 0 Å². The van der Waals surface area contributed by atoms with Crippen LogP contribution in [0.15, 0.2) is 393 Å². The Kier molecular flexibility index (Phi) is 9.28. The molecule has 0 N–H and O–H groups in total. The van der Waals surface area contributed by atoms with Gasteiger partial charge in [0, 0.05) is 32.7 Å². The summed E-state index contributed by atoms with van der Waals surface area (Å²) < 4.78 is 471. The molecule has 0 aliphatic rings. The van der Waals surface area contributed by atoms with Crippen LogP contribution in [0.4, 0.5) is 0 Å². The van der Waals surface area contributed by atoms with Crippen LogP contribution in [0.1, 0.15) is 123 Å². The highest BCUT2D eigenvalue weighted by atomic mass is 28.3. The minimum atomic E-state index is -7.24. The number of benzene rings is 15. The number of pyridine rings is 1. The summed E-state index contributed by atoms with van der Waals surface area (Å²) >= 11 is 0. The van der Waals surface area contributed by atoms with Gasteiger partial charge in [0.05, 0.1) is 93.8 Å². The average molecular weight is 1520 g/mol. The van der Waals surface area contributed by atoms with Gasteiger partial charge in [-0.15, -0.1) is 0 Å². The highest BCUT2D eigenvalue weighted by molar-refractivity contribution is 7.21. The molecule has 0 aliphatic heterocycles. The van der Waals surface area contributed by atoms with Crippen molar-refractivity contribution in [3.05, 3.63) is 416 Å². The van der Waals surface area contributed by atoms with Crippen molar-refractivity contribution in [2.75, 3.05) is 0 Å². The molecule has 0 radical (unpaired) electrons. The highest BCUT2D eigenvalue weighted by Gasteiger charge is 2.46. The minimum Gasteiger partial charge on any atom is -0.458 e. The molecule has 0 unspecified atom stereocenters.